The zero-order valence-corrected chi connectivity index (χ0v) is 20.4. The first-order valence-corrected chi connectivity index (χ1v) is 11.7. The SMILES string of the molecule is CCCOc1c(Cl)cc(C(=O)N2CCN(c3cc(C)nc(C(C)C)n3)CC2)cc1OCC. The van der Waals surface area contributed by atoms with E-state index in [4.69, 9.17) is 26.1 Å². The number of aryl methyl sites for hydroxylation is 1. The summed E-state index contributed by atoms with van der Waals surface area (Å²) in [7, 11) is 0. The van der Waals surface area contributed by atoms with Crippen LogP contribution in [0.15, 0.2) is 18.2 Å². The summed E-state index contributed by atoms with van der Waals surface area (Å²) >= 11 is 6.45. The molecule has 1 aromatic carbocycles. The van der Waals surface area contributed by atoms with Gasteiger partial charge in [-0.3, -0.25) is 4.79 Å². The second-order valence-corrected chi connectivity index (χ2v) is 8.63. The predicted octanol–water partition coefficient (Wildman–Crippen LogP) is 4.71. The van der Waals surface area contributed by atoms with Gasteiger partial charge < -0.3 is 19.3 Å². The Morgan fingerprint density at radius 1 is 1.09 bits per heavy atom. The molecule has 32 heavy (non-hydrogen) atoms. The third-order valence-corrected chi connectivity index (χ3v) is 5.55. The van der Waals surface area contributed by atoms with Crippen LogP contribution in [0.2, 0.25) is 5.02 Å². The number of anilines is 1. The van der Waals surface area contributed by atoms with Crippen molar-refractivity contribution >= 4 is 23.3 Å². The average Bonchev–Trinajstić information content (AvgIpc) is 2.77. The fourth-order valence-corrected chi connectivity index (χ4v) is 3.88. The van der Waals surface area contributed by atoms with Gasteiger partial charge in [-0.05, 0) is 32.4 Å². The predicted molar refractivity (Wildman–Crippen MR) is 127 cm³/mol. The van der Waals surface area contributed by atoms with E-state index in [9.17, 15) is 4.79 Å². The Balaban J connectivity index is 1.73. The van der Waals surface area contributed by atoms with Gasteiger partial charge in [-0.15, -0.1) is 0 Å². The first kappa shape index (κ1) is 24.1. The van der Waals surface area contributed by atoms with Crippen molar-refractivity contribution in [2.45, 2.75) is 47.0 Å². The number of hydrogen-bond acceptors (Lipinski definition) is 6. The lowest BCUT2D eigenvalue weighted by atomic mass is 10.1. The largest absolute Gasteiger partial charge is 0.490 e. The Kier molecular flexibility index (Phi) is 8.18. The molecule has 1 saturated heterocycles. The molecule has 1 fully saturated rings. The second kappa shape index (κ2) is 10.9. The molecule has 0 N–H and O–H groups in total. The van der Waals surface area contributed by atoms with Gasteiger partial charge in [0.15, 0.2) is 11.5 Å². The van der Waals surface area contributed by atoms with Crippen molar-refractivity contribution in [1.29, 1.82) is 0 Å². The van der Waals surface area contributed by atoms with Crippen LogP contribution in [-0.2, 0) is 0 Å². The van der Waals surface area contributed by atoms with Crippen molar-refractivity contribution in [3.8, 4) is 11.5 Å². The number of aromatic nitrogens is 2. The van der Waals surface area contributed by atoms with Gasteiger partial charge in [-0.2, -0.15) is 0 Å². The van der Waals surface area contributed by atoms with Crippen LogP contribution >= 0.6 is 11.6 Å². The van der Waals surface area contributed by atoms with E-state index in [-0.39, 0.29) is 11.8 Å². The van der Waals surface area contributed by atoms with E-state index in [2.05, 4.69) is 23.7 Å². The topological polar surface area (TPSA) is 67.8 Å². The number of ether oxygens (including phenoxy) is 2. The number of piperazine rings is 1. The van der Waals surface area contributed by atoms with Crippen molar-refractivity contribution in [3.63, 3.8) is 0 Å². The minimum Gasteiger partial charge on any atom is -0.490 e. The lowest BCUT2D eigenvalue weighted by molar-refractivity contribution is 0.0746. The van der Waals surface area contributed by atoms with Gasteiger partial charge in [-0.25, -0.2) is 9.97 Å². The van der Waals surface area contributed by atoms with Gasteiger partial charge >= 0.3 is 0 Å². The van der Waals surface area contributed by atoms with Crippen molar-refractivity contribution < 1.29 is 14.3 Å². The molecule has 2 heterocycles. The zero-order valence-electron chi connectivity index (χ0n) is 19.7. The summed E-state index contributed by atoms with van der Waals surface area (Å²) in [5.74, 6) is 2.99. The summed E-state index contributed by atoms with van der Waals surface area (Å²) in [6.45, 7) is 13.7. The summed E-state index contributed by atoms with van der Waals surface area (Å²) < 4.78 is 11.5. The number of carbonyl (C=O) groups is 1. The molecule has 1 aromatic heterocycles. The van der Waals surface area contributed by atoms with Crippen LogP contribution < -0.4 is 14.4 Å². The molecule has 174 valence electrons. The normalized spacial score (nSPS) is 14.1. The average molecular weight is 461 g/mol. The summed E-state index contributed by atoms with van der Waals surface area (Å²) in [5, 5.41) is 0.393. The van der Waals surface area contributed by atoms with Crippen LogP contribution in [0.4, 0.5) is 5.82 Å². The van der Waals surface area contributed by atoms with Crippen molar-refractivity contribution in [1.82, 2.24) is 14.9 Å². The summed E-state index contributed by atoms with van der Waals surface area (Å²) in [4.78, 5) is 26.5. The van der Waals surface area contributed by atoms with Gasteiger partial charge in [0.25, 0.3) is 5.91 Å². The molecule has 1 amide bonds. The Morgan fingerprint density at radius 2 is 1.81 bits per heavy atom. The lowest BCUT2D eigenvalue weighted by Gasteiger charge is -2.35. The van der Waals surface area contributed by atoms with E-state index in [1.807, 2.05) is 31.7 Å². The van der Waals surface area contributed by atoms with Crippen LogP contribution in [0.5, 0.6) is 11.5 Å². The minimum absolute atomic E-state index is 0.0590. The van der Waals surface area contributed by atoms with E-state index in [1.165, 1.54) is 0 Å². The smallest absolute Gasteiger partial charge is 0.254 e. The highest BCUT2D eigenvalue weighted by Gasteiger charge is 2.25. The lowest BCUT2D eigenvalue weighted by Crippen LogP contribution is -2.49. The second-order valence-electron chi connectivity index (χ2n) is 8.23. The molecule has 1 aliphatic heterocycles. The molecule has 0 spiro atoms. The number of hydrogen-bond donors (Lipinski definition) is 0. The number of benzene rings is 1. The van der Waals surface area contributed by atoms with Crippen LogP contribution in [-0.4, -0.2) is 60.2 Å². The third-order valence-electron chi connectivity index (χ3n) is 5.27. The highest BCUT2D eigenvalue weighted by Crippen LogP contribution is 2.37. The molecule has 0 saturated carbocycles. The van der Waals surface area contributed by atoms with E-state index >= 15 is 0 Å². The molecule has 7 nitrogen and oxygen atoms in total. The van der Waals surface area contributed by atoms with Crippen LogP contribution in [0.3, 0.4) is 0 Å². The summed E-state index contributed by atoms with van der Waals surface area (Å²) in [6.07, 6.45) is 0.859. The number of carbonyl (C=O) groups excluding carboxylic acids is 1. The van der Waals surface area contributed by atoms with Gasteiger partial charge in [0.05, 0.1) is 18.2 Å². The standard InChI is InChI=1S/C24H33ClN4O3/c1-6-12-32-22-19(25)14-18(15-20(22)31-7-2)24(30)29-10-8-28(9-11-29)21-13-17(5)26-23(27-21)16(3)4/h13-16H,6-12H2,1-5H3. The molecule has 2 aromatic rings. The Hall–Kier alpha value is -2.54. The molecular weight excluding hydrogens is 428 g/mol. The van der Waals surface area contributed by atoms with E-state index in [0.29, 0.717) is 61.5 Å². The highest BCUT2D eigenvalue weighted by molar-refractivity contribution is 6.32. The highest BCUT2D eigenvalue weighted by atomic mass is 35.5. The first-order chi connectivity index (χ1) is 15.3. The maximum atomic E-state index is 13.2. The van der Waals surface area contributed by atoms with Crippen LogP contribution in [0.25, 0.3) is 0 Å². The fraction of sp³-hybridized carbons (Fsp3) is 0.542. The number of halogens is 1. The fourth-order valence-electron chi connectivity index (χ4n) is 3.61. The van der Waals surface area contributed by atoms with Crippen molar-refractivity contribution in [3.05, 3.63) is 40.3 Å². The molecule has 0 bridgehead atoms. The molecule has 8 heteroatoms. The molecule has 0 aliphatic carbocycles. The molecule has 3 rings (SSSR count). The van der Waals surface area contributed by atoms with Gasteiger partial charge in [-0.1, -0.05) is 32.4 Å². The Bertz CT molecular complexity index is 943. The maximum Gasteiger partial charge on any atom is 0.254 e. The molecular formula is C24H33ClN4O3. The number of nitrogens with zero attached hydrogens (tertiary/aromatic N) is 4. The number of rotatable bonds is 8. The Labute approximate surface area is 195 Å². The molecule has 0 atom stereocenters. The molecule has 0 radical (unpaired) electrons. The minimum atomic E-state index is -0.0590. The molecule has 0 unspecified atom stereocenters. The van der Waals surface area contributed by atoms with Gasteiger partial charge in [0.2, 0.25) is 0 Å². The Morgan fingerprint density at radius 3 is 2.44 bits per heavy atom. The monoisotopic (exact) mass is 460 g/mol. The van der Waals surface area contributed by atoms with Crippen LogP contribution in [0.1, 0.15) is 61.9 Å². The van der Waals surface area contributed by atoms with Crippen LogP contribution in [0, 0.1) is 6.92 Å². The van der Waals surface area contributed by atoms with Gasteiger partial charge in [0.1, 0.15) is 11.6 Å². The first-order valence-electron chi connectivity index (χ1n) is 11.3. The molecule has 1 aliphatic rings. The van der Waals surface area contributed by atoms with Crippen molar-refractivity contribution in [2.24, 2.45) is 0 Å². The quantitative estimate of drug-likeness (QED) is 0.568. The van der Waals surface area contributed by atoms with Gasteiger partial charge in [0, 0.05) is 49.4 Å². The van der Waals surface area contributed by atoms with E-state index in [0.717, 1.165) is 23.8 Å². The van der Waals surface area contributed by atoms with E-state index in [1.54, 1.807) is 12.1 Å². The maximum absolute atomic E-state index is 13.2. The summed E-state index contributed by atoms with van der Waals surface area (Å²) in [6, 6.07) is 5.41. The number of amides is 1. The zero-order chi connectivity index (χ0) is 23.3. The summed E-state index contributed by atoms with van der Waals surface area (Å²) in [5.41, 5.74) is 1.47. The van der Waals surface area contributed by atoms with E-state index < -0.39 is 0 Å². The third kappa shape index (κ3) is 5.63. The van der Waals surface area contributed by atoms with Crippen molar-refractivity contribution in [2.75, 3.05) is 44.3 Å².